The Morgan fingerprint density at radius 1 is 1.00 bits per heavy atom. The Hall–Kier alpha value is -0.760. The first kappa shape index (κ1) is 12.7. The minimum atomic E-state index is -0.180. The van der Waals surface area contributed by atoms with E-state index >= 15 is 0 Å². The van der Waals surface area contributed by atoms with Crippen molar-refractivity contribution >= 4 is 17.3 Å². The van der Waals surface area contributed by atoms with Crippen LogP contribution in [0.25, 0.3) is 0 Å². The van der Waals surface area contributed by atoms with E-state index in [0.29, 0.717) is 5.88 Å². The van der Waals surface area contributed by atoms with Gasteiger partial charge in [0.1, 0.15) is 5.82 Å². The number of alkyl halides is 1. The van der Waals surface area contributed by atoms with Crippen LogP contribution in [0.4, 0.5) is 10.1 Å². The molecule has 17 heavy (non-hydrogen) atoms. The van der Waals surface area contributed by atoms with E-state index in [-0.39, 0.29) is 5.82 Å². The summed E-state index contributed by atoms with van der Waals surface area (Å²) in [6, 6.07) is 5.15. The number of rotatable bonds is 2. The summed E-state index contributed by atoms with van der Waals surface area (Å²) in [6.45, 7) is 2.07. The van der Waals surface area contributed by atoms with Gasteiger partial charge in [0.15, 0.2) is 0 Å². The molecule has 94 valence electrons. The second kappa shape index (κ2) is 6.25. The summed E-state index contributed by atoms with van der Waals surface area (Å²) < 4.78 is 13.5. The summed E-state index contributed by atoms with van der Waals surface area (Å²) in [7, 11) is 0. The molecule has 0 bridgehead atoms. The van der Waals surface area contributed by atoms with Gasteiger partial charge in [-0.2, -0.15) is 0 Å². The minimum Gasteiger partial charge on any atom is -0.371 e. The van der Waals surface area contributed by atoms with Crippen LogP contribution in [0, 0.1) is 5.82 Å². The van der Waals surface area contributed by atoms with Gasteiger partial charge >= 0.3 is 0 Å². The molecular formula is C14H19ClFN. The number of halogens is 2. The molecule has 1 aromatic carbocycles. The first-order chi connectivity index (χ1) is 8.29. The average Bonchev–Trinajstić information content (AvgIpc) is 2.27. The van der Waals surface area contributed by atoms with E-state index < -0.39 is 0 Å². The molecule has 0 saturated carbocycles. The summed E-state index contributed by atoms with van der Waals surface area (Å²) in [5.41, 5.74) is 1.85. The molecule has 1 heterocycles. The maximum Gasteiger partial charge on any atom is 0.125 e. The van der Waals surface area contributed by atoms with Crippen LogP contribution in [-0.4, -0.2) is 13.1 Å². The molecule has 1 saturated heterocycles. The van der Waals surface area contributed by atoms with Gasteiger partial charge in [0, 0.05) is 24.7 Å². The number of anilines is 1. The van der Waals surface area contributed by atoms with Gasteiger partial charge in [-0.3, -0.25) is 0 Å². The van der Waals surface area contributed by atoms with E-state index in [9.17, 15) is 4.39 Å². The van der Waals surface area contributed by atoms with E-state index in [4.69, 9.17) is 11.6 Å². The van der Waals surface area contributed by atoms with E-state index in [0.717, 1.165) is 24.3 Å². The van der Waals surface area contributed by atoms with Gasteiger partial charge in [0.2, 0.25) is 0 Å². The van der Waals surface area contributed by atoms with Gasteiger partial charge in [-0.1, -0.05) is 19.3 Å². The Bertz CT molecular complexity index is 359. The predicted octanol–water partition coefficient (Wildman–Crippen LogP) is 4.34. The lowest BCUT2D eigenvalue weighted by molar-refractivity contribution is 0.554. The normalized spacial score (nSPS) is 17.6. The molecule has 0 atom stereocenters. The topological polar surface area (TPSA) is 3.24 Å². The first-order valence-corrected chi connectivity index (χ1v) is 6.93. The molecule has 0 amide bonds. The summed E-state index contributed by atoms with van der Waals surface area (Å²) in [5.74, 6) is 0.193. The van der Waals surface area contributed by atoms with Crippen molar-refractivity contribution in [2.75, 3.05) is 18.0 Å². The summed E-state index contributed by atoms with van der Waals surface area (Å²) >= 11 is 5.78. The molecule has 0 aliphatic carbocycles. The number of benzene rings is 1. The highest BCUT2D eigenvalue weighted by Crippen LogP contribution is 2.22. The van der Waals surface area contributed by atoms with Crippen LogP contribution < -0.4 is 4.90 Å². The third kappa shape index (κ3) is 3.60. The smallest absolute Gasteiger partial charge is 0.125 e. The largest absolute Gasteiger partial charge is 0.371 e. The third-order valence-electron chi connectivity index (χ3n) is 3.32. The van der Waals surface area contributed by atoms with E-state index in [1.165, 1.54) is 38.2 Å². The van der Waals surface area contributed by atoms with Crippen LogP contribution >= 0.6 is 11.6 Å². The molecule has 0 spiro atoms. The van der Waals surface area contributed by atoms with Gasteiger partial charge in [0.05, 0.1) is 0 Å². The van der Waals surface area contributed by atoms with Gasteiger partial charge in [-0.15, -0.1) is 11.6 Å². The minimum absolute atomic E-state index is 0.180. The van der Waals surface area contributed by atoms with Crippen molar-refractivity contribution in [2.45, 2.75) is 38.0 Å². The fourth-order valence-corrected chi connectivity index (χ4v) is 2.55. The molecule has 1 nitrogen and oxygen atoms in total. The highest BCUT2D eigenvalue weighted by atomic mass is 35.5. The van der Waals surface area contributed by atoms with E-state index in [1.54, 1.807) is 6.07 Å². The van der Waals surface area contributed by atoms with Crippen molar-refractivity contribution < 1.29 is 4.39 Å². The molecule has 2 rings (SSSR count). The molecule has 1 aliphatic rings. The Balaban J connectivity index is 2.15. The summed E-state index contributed by atoms with van der Waals surface area (Å²) in [4.78, 5) is 2.29. The second-order valence-corrected chi connectivity index (χ2v) is 4.97. The number of hydrogen-bond acceptors (Lipinski definition) is 1. The van der Waals surface area contributed by atoms with Crippen LogP contribution in [0.1, 0.15) is 37.7 Å². The van der Waals surface area contributed by atoms with Crippen molar-refractivity contribution in [2.24, 2.45) is 0 Å². The van der Waals surface area contributed by atoms with Crippen LogP contribution in [0.15, 0.2) is 18.2 Å². The van der Waals surface area contributed by atoms with Gasteiger partial charge in [-0.05, 0) is 36.6 Å². The van der Waals surface area contributed by atoms with Crippen molar-refractivity contribution in [1.29, 1.82) is 0 Å². The average molecular weight is 256 g/mol. The van der Waals surface area contributed by atoms with Crippen LogP contribution in [0.5, 0.6) is 0 Å². The zero-order valence-electron chi connectivity index (χ0n) is 10.1. The Kier molecular flexibility index (Phi) is 4.66. The number of hydrogen-bond donors (Lipinski definition) is 0. The Morgan fingerprint density at radius 2 is 1.65 bits per heavy atom. The van der Waals surface area contributed by atoms with Crippen molar-refractivity contribution in [3.8, 4) is 0 Å². The van der Waals surface area contributed by atoms with Gasteiger partial charge < -0.3 is 4.90 Å². The standard InChI is InChI=1S/C14H19ClFN/c15-11-12-8-13(16)10-14(9-12)17-6-4-2-1-3-5-7-17/h8-10H,1-7,11H2. The molecule has 1 aliphatic heterocycles. The second-order valence-electron chi connectivity index (χ2n) is 4.71. The van der Waals surface area contributed by atoms with E-state index in [2.05, 4.69) is 4.90 Å². The van der Waals surface area contributed by atoms with E-state index in [1.807, 2.05) is 6.07 Å². The lowest BCUT2D eigenvalue weighted by Crippen LogP contribution is -2.27. The molecule has 0 unspecified atom stereocenters. The predicted molar refractivity (Wildman–Crippen MR) is 71.3 cm³/mol. The van der Waals surface area contributed by atoms with Gasteiger partial charge in [0.25, 0.3) is 0 Å². The molecule has 1 fully saturated rings. The van der Waals surface area contributed by atoms with Crippen molar-refractivity contribution in [1.82, 2.24) is 0 Å². The maximum atomic E-state index is 13.5. The van der Waals surface area contributed by atoms with Crippen LogP contribution in [0.3, 0.4) is 0 Å². The lowest BCUT2D eigenvalue weighted by atomic mass is 10.1. The molecule has 0 aromatic heterocycles. The van der Waals surface area contributed by atoms with Crippen LogP contribution in [-0.2, 0) is 5.88 Å². The maximum absolute atomic E-state index is 13.5. The van der Waals surface area contributed by atoms with Crippen LogP contribution in [0.2, 0.25) is 0 Å². The molecular weight excluding hydrogens is 237 g/mol. The quantitative estimate of drug-likeness (QED) is 0.711. The Labute approximate surface area is 108 Å². The first-order valence-electron chi connectivity index (χ1n) is 6.40. The molecule has 3 heteroatoms. The third-order valence-corrected chi connectivity index (χ3v) is 3.63. The fourth-order valence-electron chi connectivity index (χ4n) is 2.40. The lowest BCUT2D eigenvalue weighted by Gasteiger charge is -2.27. The van der Waals surface area contributed by atoms with Crippen molar-refractivity contribution in [3.63, 3.8) is 0 Å². The zero-order valence-corrected chi connectivity index (χ0v) is 10.8. The zero-order chi connectivity index (χ0) is 12.1. The monoisotopic (exact) mass is 255 g/mol. The molecule has 1 aromatic rings. The highest BCUT2D eigenvalue weighted by molar-refractivity contribution is 6.17. The fraction of sp³-hybridized carbons (Fsp3) is 0.571. The van der Waals surface area contributed by atoms with Crippen molar-refractivity contribution in [3.05, 3.63) is 29.6 Å². The van der Waals surface area contributed by atoms with Gasteiger partial charge in [-0.25, -0.2) is 4.39 Å². The summed E-state index contributed by atoms with van der Waals surface area (Å²) in [6.07, 6.45) is 6.31. The number of nitrogens with zero attached hydrogens (tertiary/aromatic N) is 1. The Morgan fingerprint density at radius 3 is 2.29 bits per heavy atom. The molecule has 0 N–H and O–H groups in total. The highest BCUT2D eigenvalue weighted by Gasteiger charge is 2.10. The molecule has 0 radical (unpaired) electrons. The SMILES string of the molecule is Fc1cc(CCl)cc(N2CCCCCCC2)c1. The summed E-state index contributed by atoms with van der Waals surface area (Å²) in [5, 5.41) is 0.